The maximum atomic E-state index is 12.2. The van der Waals surface area contributed by atoms with Crippen molar-refractivity contribution in [3.05, 3.63) is 17.5 Å². The number of aromatic nitrogens is 2. The van der Waals surface area contributed by atoms with Crippen molar-refractivity contribution in [2.45, 2.75) is 57.4 Å². The second-order valence-corrected chi connectivity index (χ2v) is 5.88. The van der Waals surface area contributed by atoms with E-state index in [2.05, 4.69) is 15.5 Å². The number of rotatable bonds is 5. The van der Waals surface area contributed by atoms with Crippen molar-refractivity contribution in [3.63, 3.8) is 0 Å². The smallest absolute Gasteiger partial charge is 0.305 e. The Labute approximate surface area is 118 Å². The Bertz CT molecular complexity index is 502. The molecule has 0 atom stereocenters. The van der Waals surface area contributed by atoms with Gasteiger partial charge in [0, 0.05) is 5.69 Å². The van der Waals surface area contributed by atoms with E-state index in [0.29, 0.717) is 18.5 Å². The third-order valence-corrected chi connectivity index (χ3v) is 3.88. The van der Waals surface area contributed by atoms with Crippen molar-refractivity contribution in [2.75, 3.05) is 0 Å². The van der Waals surface area contributed by atoms with Crippen LogP contribution in [-0.2, 0) is 4.79 Å². The van der Waals surface area contributed by atoms with Crippen LogP contribution >= 0.6 is 0 Å². The third-order valence-electron chi connectivity index (χ3n) is 3.88. The maximum absolute atomic E-state index is 12.2. The van der Waals surface area contributed by atoms with Gasteiger partial charge in [-0.15, -0.1) is 0 Å². The fraction of sp³-hybridized carbons (Fsp3) is 0.643. The Balaban J connectivity index is 2.09. The molecule has 0 spiro atoms. The molecule has 3 N–H and O–H groups in total. The number of nitrogens with one attached hydrogen (secondary N) is 2. The zero-order valence-electron chi connectivity index (χ0n) is 11.9. The quantitative estimate of drug-likeness (QED) is 0.768. The minimum atomic E-state index is -0.878. The Morgan fingerprint density at radius 3 is 2.60 bits per heavy atom. The van der Waals surface area contributed by atoms with Gasteiger partial charge in [-0.05, 0) is 24.8 Å². The summed E-state index contributed by atoms with van der Waals surface area (Å²) in [5, 5.41) is 18.8. The summed E-state index contributed by atoms with van der Waals surface area (Å²) < 4.78 is 0. The van der Waals surface area contributed by atoms with E-state index in [1.54, 1.807) is 6.07 Å². The molecule has 20 heavy (non-hydrogen) atoms. The Kier molecular flexibility index (Phi) is 4.11. The molecular weight excluding hydrogens is 258 g/mol. The number of H-pyrrole nitrogens is 1. The molecule has 1 saturated carbocycles. The lowest BCUT2D eigenvalue weighted by atomic mass is 9.93. The van der Waals surface area contributed by atoms with Crippen LogP contribution in [0.5, 0.6) is 0 Å². The molecule has 0 saturated heterocycles. The maximum Gasteiger partial charge on any atom is 0.305 e. The molecule has 0 aromatic carbocycles. The predicted octanol–water partition coefficient (Wildman–Crippen LogP) is 2.05. The zero-order chi connectivity index (χ0) is 14.8. The first kappa shape index (κ1) is 14.6. The third kappa shape index (κ3) is 3.18. The second-order valence-electron chi connectivity index (χ2n) is 5.88. The summed E-state index contributed by atoms with van der Waals surface area (Å²) in [7, 11) is 0. The van der Waals surface area contributed by atoms with Crippen LogP contribution in [-0.4, -0.2) is 32.7 Å². The van der Waals surface area contributed by atoms with Crippen LogP contribution in [0.2, 0.25) is 0 Å². The molecule has 2 rings (SSSR count). The zero-order valence-corrected chi connectivity index (χ0v) is 11.9. The average Bonchev–Trinajstić information content (AvgIpc) is 2.96. The fourth-order valence-corrected chi connectivity index (χ4v) is 2.74. The monoisotopic (exact) mass is 279 g/mol. The predicted molar refractivity (Wildman–Crippen MR) is 73.6 cm³/mol. The molecule has 6 heteroatoms. The van der Waals surface area contributed by atoms with E-state index in [9.17, 15) is 9.59 Å². The van der Waals surface area contributed by atoms with E-state index in [1.165, 1.54) is 0 Å². The Hall–Kier alpha value is -1.85. The van der Waals surface area contributed by atoms with Crippen molar-refractivity contribution in [2.24, 2.45) is 0 Å². The number of carboxylic acids is 1. The normalized spacial score (nSPS) is 17.4. The number of nitrogens with zero attached hydrogens (tertiary/aromatic N) is 1. The summed E-state index contributed by atoms with van der Waals surface area (Å²) >= 11 is 0. The lowest BCUT2D eigenvalue weighted by molar-refractivity contribution is -0.138. The van der Waals surface area contributed by atoms with Crippen molar-refractivity contribution < 1.29 is 14.7 Å². The molecule has 0 bridgehead atoms. The van der Waals surface area contributed by atoms with Crippen LogP contribution in [0.1, 0.15) is 68.1 Å². The molecule has 1 aliphatic carbocycles. The number of carbonyl (C=O) groups excluding carboxylic acids is 1. The van der Waals surface area contributed by atoms with Gasteiger partial charge in [0.05, 0.1) is 12.0 Å². The lowest BCUT2D eigenvalue weighted by Crippen LogP contribution is -2.47. The van der Waals surface area contributed by atoms with Gasteiger partial charge in [-0.2, -0.15) is 5.10 Å². The highest BCUT2D eigenvalue weighted by Gasteiger charge is 2.38. The highest BCUT2D eigenvalue weighted by Crippen LogP contribution is 2.33. The van der Waals surface area contributed by atoms with Crippen LogP contribution in [0, 0.1) is 0 Å². The minimum Gasteiger partial charge on any atom is -0.481 e. The van der Waals surface area contributed by atoms with Gasteiger partial charge in [-0.25, -0.2) is 0 Å². The topological polar surface area (TPSA) is 95.1 Å². The molecule has 0 radical (unpaired) electrons. The molecule has 1 amide bonds. The highest BCUT2D eigenvalue weighted by molar-refractivity contribution is 5.93. The van der Waals surface area contributed by atoms with E-state index < -0.39 is 11.5 Å². The van der Waals surface area contributed by atoms with Gasteiger partial charge in [0.2, 0.25) is 0 Å². The second kappa shape index (κ2) is 5.64. The first-order valence-corrected chi connectivity index (χ1v) is 7.01. The summed E-state index contributed by atoms with van der Waals surface area (Å²) in [4.78, 5) is 23.2. The molecule has 110 valence electrons. The molecule has 0 aliphatic heterocycles. The van der Waals surface area contributed by atoms with E-state index in [1.807, 2.05) is 13.8 Å². The summed E-state index contributed by atoms with van der Waals surface area (Å²) in [5.74, 6) is -0.906. The van der Waals surface area contributed by atoms with Gasteiger partial charge in [0.15, 0.2) is 0 Å². The van der Waals surface area contributed by atoms with Crippen LogP contribution in [0.4, 0.5) is 0 Å². The van der Waals surface area contributed by atoms with Crippen LogP contribution in [0.25, 0.3) is 0 Å². The molecule has 1 aromatic rings. The van der Waals surface area contributed by atoms with E-state index in [-0.39, 0.29) is 18.2 Å². The number of carboxylic acid groups (broad SMARTS) is 1. The summed E-state index contributed by atoms with van der Waals surface area (Å²) in [6.07, 6.45) is 3.30. The lowest BCUT2D eigenvalue weighted by Gasteiger charge is -2.28. The largest absolute Gasteiger partial charge is 0.481 e. The molecule has 1 heterocycles. The van der Waals surface area contributed by atoms with Gasteiger partial charge < -0.3 is 10.4 Å². The first-order valence-electron chi connectivity index (χ1n) is 7.01. The van der Waals surface area contributed by atoms with Crippen LogP contribution < -0.4 is 5.32 Å². The number of aliphatic carboxylic acids is 1. The molecule has 1 aromatic heterocycles. The van der Waals surface area contributed by atoms with Crippen LogP contribution in [0.3, 0.4) is 0 Å². The van der Waals surface area contributed by atoms with Gasteiger partial charge >= 0.3 is 5.97 Å². The van der Waals surface area contributed by atoms with Gasteiger partial charge in [-0.1, -0.05) is 26.7 Å². The Morgan fingerprint density at radius 2 is 2.10 bits per heavy atom. The van der Waals surface area contributed by atoms with Gasteiger partial charge in [-0.3, -0.25) is 14.7 Å². The van der Waals surface area contributed by atoms with Gasteiger partial charge in [0.25, 0.3) is 5.91 Å². The number of hydrogen-bond acceptors (Lipinski definition) is 3. The summed E-state index contributed by atoms with van der Waals surface area (Å²) in [5.41, 5.74) is 0.610. The molecule has 0 unspecified atom stereocenters. The van der Waals surface area contributed by atoms with E-state index in [0.717, 1.165) is 18.5 Å². The average molecular weight is 279 g/mol. The Morgan fingerprint density at radius 1 is 1.45 bits per heavy atom. The summed E-state index contributed by atoms with van der Waals surface area (Å²) in [6.45, 7) is 4.02. The van der Waals surface area contributed by atoms with Crippen LogP contribution in [0.15, 0.2) is 6.07 Å². The van der Waals surface area contributed by atoms with E-state index >= 15 is 0 Å². The standard InChI is InChI=1S/C14H21N3O3/c1-9(2)10-7-11(17-16-10)13(20)15-14(8-12(18)19)5-3-4-6-14/h7,9H,3-6,8H2,1-2H3,(H,15,20)(H,16,17)(H,18,19). The van der Waals surface area contributed by atoms with Gasteiger partial charge in [0.1, 0.15) is 5.69 Å². The molecule has 6 nitrogen and oxygen atoms in total. The molecular formula is C14H21N3O3. The minimum absolute atomic E-state index is 0.0276. The van der Waals surface area contributed by atoms with Crippen molar-refractivity contribution >= 4 is 11.9 Å². The van der Waals surface area contributed by atoms with Crippen molar-refractivity contribution in [3.8, 4) is 0 Å². The van der Waals surface area contributed by atoms with E-state index in [4.69, 9.17) is 5.11 Å². The first-order chi connectivity index (χ1) is 9.42. The van der Waals surface area contributed by atoms with Crippen molar-refractivity contribution in [1.29, 1.82) is 0 Å². The molecule has 1 fully saturated rings. The van der Waals surface area contributed by atoms with Crippen molar-refractivity contribution in [1.82, 2.24) is 15.5 Å². The number of aromatic amines is 1. The number of carbonyl (C=O) groups is 2. The SMILES string of the molecule is CC(C)c1cc(C(=O)NC2(CC(=O)O)CCCC2)n[nH]1. The summed E-state index contributed by atoms with van der Waals surface area (Å²) in [6, 6.07) is 1.73. The molecule has 1 aliphatic rings. The number of hydrogen-bond donors (Lipinski definition) is 3. The fourth-order valence-electron chi connectivity index (χ4n) is 2.74. The highest BCUT2D eigenvalue weighted by atomic mass is 16.4. The number of amides is 1.